The van der Waals surface area contributed by atoms with E-state index in [0.29, 0.717) is 27.7 Å². The average Bonchev–Trinajstić information content (AvgIpc) is 3.01. The SMILES string of the molecule is CN1CC[C@H](c2c(O)cc(O)c3c(=O)cc(-c4ccccc4Cl)oc23)[C@H]1CS. The second-order valence-corrected chi connectivity index (χ2v) is 7.89. The molecule has 1 aliphatic heterocycles. The predicted molar refractivity (Wildman–Crippen MR) is 114 cm³/mol. The van der Waals surface area contributed by atoms with Crippen molar-refractivity contribution in [3.8, 4) is 22.8 Å². The first-order valence-corrected chi connectivity index (χ1v) is 10.0. The fourth-order valence-electron chi connectivity index (χ4n) is 4.09. The Morgan fingerprint density at radius 2 is 2.00 bits per heavy atom. The molecular formula is C21H20ClNO4S. The zero-order valence-corrected chi connectivity index (χ0v) is 16.9. The molecule has 2 heterocycles. The molecule has 0 aliphatic carbocycles. The lowest BCUT2D eigenvalue weighted by Crippen LogP contribution is -2.30. The molecular weight excluding hydrogens is 398 g/mol. The van der Waals surface area contributed by atoms with Gasteiger partial charge in [-0.3, -0.25) is 4.79 Å². The Hall–Kier alpha value is -2.15. The molecule has 0 spiro atoms. The molecule has 1 aliphatic rings. The van der Waals surface area contributed by atoms with Gasteiger partial charge in [-0.2, -0.15) is 12.6 Å². The Morgan fingerprint density at radius 3 is 2.71 bits per heavy atom. The van der Waals surface area contributed by atoms with Crippen molar-refractivity contribution in [3.63, 3.8) is 0 Å². The number of likely N-dealkylation sites (N-methyl/N-ethyl adjacent to an activating group) is 1. The smallest absolute Gasteiger partial charge is 0.197 e. The Morgan fingerprint density at radius 1 is 1.25 bits per heavy atom. The molecule has 0 bridgehead atoms. The minimum absolute atomic E-state index is 0.0658. The maximum atomic E-state index is 12.8. The first-order valence-electron chi connectivity index (χ1n) is 9.01. The highest BCUT2D eigenvalue weighted by atomic mass is 35.5. The molecule has 0 unspecified atom stereocenters. The summed E-state index contributed by atoms with van der Waals surface area (Å²) in [5.74, 6) is 0.427. The van der Waals surface area contributed by atoms with Crippen LogP contribution in [0.15, 0.2) is 45.6 Å². The summed E-state index contributed by atoms with van der Waals surface area (Å²) in [6, 6.07) is 9.68. The van der Waals surface area contributed by atoms with Crippen molar-refractivity contribution in [2.24, 2.45) is 0 Å². The molecule has 2 N–H and O–H groups in total. The topological polar surface area (TPSA) is 73.9 Å². The highest BCUT2D eigenvalue weighted by molar-refractivity contribution is 7.80. The van der Waals surface area contributed by atoms with Crippen molar-refractivity contribution in [1.29, 1.82) is 0 Å². The van der Waals surface area contributed by atoms with E-state index >= 15 is 0 Å². The van der Waals surface area contributed by atoms with E-state index in [0.717, 1.165) is 13.0 Å². The number of phenolic OH excluding ortho intramolecular Hbond substituents is 2. The van der Waals surface area contributed by atoms with Gasteiger partial charge in [0.15, 0.2) is 5.43 Å². The Kier molecular flexibility index (Phi) is 5.04. The van der Waals surface area contributed by atoms with Crippen LogP contribution in [0.4, 0.5) is 0 Å². The molecule has 7 heteroatoms. The fraction of sp³-hybridized carbons (Fsp3) is 0.286. The minimum atomic E-state index is -0.385. The van der Waals surface area contributed by atoms with Crippen LogP contribution in [0, 0.1) is 0 Å². The van der Waals surface area contributed by atoms with Crippen molar-refractivity contribution in [2.45, 2.75) is 18.4 Å². The second-order valence-electron chi connectivity index (χ2n) is 7.11. The number of thiol groups is 1. The number of aromatic hydroxyl groups is 2. The van der Waals surface area contributed by atoms with Gasteiger partial charge in [-0.15, -0.1) is 0 Å². The maximum Gasteiger partial charge on any atom is 0.197 e. The summed E-state index contributed by atoms with van der Waals surface area (Å²) in [7, 11) is 2.01. The van der Waals surface area contributed by atoms with Crippen molar-refractivity contribution < 1.29 is 14.6 Å². The molecule has 3 aromatic rings. The number of benzene rings is 2. The van der Waals surface area contributed by atoms with Crippen molar-refractivity contribution in [3.05, 3.63) is 57.2 Å². The normalized spacial score (nSPS) is 20.1. The van der Waals surface area contributed by atoms with Gasteiger partial charge in [0, 0.05) is 41.0 Å². The molecule has 1 fully saturated rings. The standard InChI is InChI=1S/C21H20ClNO4S/c1-23-7-6-12(14(23)10-28)19-15(24)8-16(25)20-17(26)9-18(27-21(19)20)11-4-2-3-5-13(11)22/h2-5,8-9,12,14,24-25,28H,6-7,10H2,1H3/t12-,14+/m0/s1. The fourth-order valence-corrected chi connectivity index (χ4v) is 4.85. The van der Waals surface area contributed by atoms with Crippen molar-refractivity contribution >= 4 is 35.2 Å². The van der Waals surface area contributed by atoms with Crippen LogP contribution >= 0.6 is 24.2 Å². The first kappa shape index (κ1) is 19.2. The maximum absolute atomic E-state index is 12.8. The molecule has 146 valence electrons. The van der Waals surface area contributed by atoms with Crippen LogP contribution in [0.2, 0.25) is 5.02 Å². The van der Waals surface area contributed by atoms with Gasteiger partial charge in [-0.25, -0.2) is 0 Å². The van der Waals surface area contributed by atoms with Gasteiger partial charge in [-0.1, -0.05) is 23.7 Å². The second kappa shape index (κ2) is 7.35. The van der Waals surface area contributed by atoms with Gasteiger partial charge in [-0.05, 0) is 32.1 Å². The van der Waals surface area contributed by atoms with E-state index in [1.807, 2.05) is 7.05 Å². The van der Waals surface area contributed by atoms with Crippen LogP contribution in [0.5, 0.6) is 11.5 Å². The Bertz CT molecular complexity index is 1110. The molecule has 2 aromatic carbocycles. The number of phenols is 2. The van der Waals surface area contributed by atoms with E-state index < -0.39 is 0 Å². The monoisotopic (exact) mass is 417 g/mol. The summed E-state index contributed by atoms with van der Waals surface area (Å²) in [5, 5.41) is 21.5. The van der Waals surface area contributed by atoms with Gasteiger partial charge in [0.25, 0.3) is 0 Å². The van der Waals surface area contributed by atoms with Gasteiger partial charge in [0.2, 0.25) is 0 Å². The third-order valence-electron chi connectivity index (χ3n) is 5.52. The summed E-state index contributed by atoms with van der Waals surface area (Å²) in [6.45, 7) is 0.839. The quantitative estimate of drug-likeness (QED) is 0.556. The van der Waals surface area contributed by atoms with Crippen LogP contribution in [0.3, 0.4) is 0 Å². The summed E-state index contributed by atoms with van der Waals surface area (Å²) < 4.78 is 6.09. The lowest BCUT2D eigenvalue weighted by molar-refractivity contribution is 0.320. The van der Waals surface area contributed by atoms with Crippen molar-refractivity contribution in [2.75, 3.05) is 19.3 Å². The van der Waals surface area contributed by atoms with E-state index in [2.05, 4.69) is 17.5 Å². The first-order chi connectivity index (χ1) is 13.4. The van der Waals surface area contributed by atoms with E-state index in [1.54, 1.807) is 24.3 Å². The van der Waals surface area contributed by atoms with Gasteiger partial charge < -0.3 is 19.5 Å². The largest absolute Gasteiger partial charge is 0.507 e. The lowest BCUT2D eigenvalue weighted by atomic mass is 9.89. The van der Waals surface area contributed by atoms with E-state index in [-0.39, 0.29) is 39.9 Å². The summed E-state index contributed by atoms with van der Waals surface area (Å²) in [6.07, 6.45) is 0.787. The van der Waals surface area contributed by atoms with E-state index in [4.69, 9.17) is 16.0 Å². The molecule has 2 atom stereocenters. The molecule has 1 saturated heterocycles. The zero-order valence-electron chi connectivity index (χ0n) is 15.2. The minimum Gasteiger partial charge on any atom is -0.507 e. The van der Waals surface area contributed by atoms with Crippen molar-refractivity contribution in [1.82, 2.24) is 4.90 Å². The molecule has 4 rings (SSSR count). The molecule has 0 saturated carbocycles. The Balaban J connectivity index is 2.03. The molecule has 0 radical (unpaired) electrons. The van der Waals surface area contributed by atoms with Crippen LogP contribution < -0.4 is 5.43 Å². The number of likely N-dealkylation sites (tertiary alicyclic amines) is 1. The molecule has 28 heavy (non-hydrogen) atoms. The van der Waals surface area contributed by atoms with Crippen LogP contribution in [-0.4, -0.2) is 40.5 Å². The van der Waals surface area contributed by atoms with Gasteiger partial charge in [0.1, 0.15) is 28.2 Å². The summed E-state index contributed by atoms with van der Waals surface area (Å²) in [5.41, 5.74) is 0.920. The van der Waals surface area contributed by atoms with E-state index in [9.17, 15) is 15.0 Å². The number of fused-ring (bicyclic) bond motifs is 1. The van der Waals surface area contributed by atoms with E-state index in [1.165, 1.54) is 12.1 Å². The predicted octanol–water partition coefficient (Wildman–Crippen LogP) is 4.24. The van der Waals surface area contributed by atoms with Crippen LogP contribution in [0.1, 0.15) is 17.9 Å². The van der Waals surface area contributed by atoms with Crippen LogP contribution in [0.25, 0.3) is 22.3 Å². The third-order valence-corrected chi connectivity index (χ3v) is 6.22. The summed E-state index contributed by atoms with van der Waals surface area (Å²) in [4.78, 5) is 15.0. The molecule has 1 aromatic heterocycles. The number of rotatable bonds is 3. The number of hydrogen-bond donors (Lipinski definition) is 3. The highest BCUT2D eigenvalue weighted by Gasteiger charge is 2.36. The zero-order chi connectivity index (χ0) is 20.0. The average molecular weight is 418 g/mol. The number of nitrogens with zero attached hydrogens (tertiary/aromatic N) is 1. The Labute approximate surface area is 172 Å². The van der Waals surface area contributed by atoms with Gasteiger partial charge >= 0.3 is 0 Å². The number of halogens is 1. The highest BCUT2D eigenvalue weighted by Crippen LogP contribution is 2.44. The lowest BCUT2D eigenvalue weighted by Gasteiger charge is -2.24. The van der Waals surface area contributed by atoms with Crippen LogP contribution in [-0.2, 0) is 0 Å². The molecule has 0 amide bonds. The summed E-state index contributed by atoms with van der Waals surface area (Å²) >= 11 is 10.7. The third kappa shape index (κ3) is 3.05. The molecule has 5 nitrogen and oxygen atoms in total. The van der Waals surface area contributed by atoms with Gasteiger partial charge in [0.05, 0.1) is 5.02 Å². The number of hydrogen-bond acceptors (Lipinski definition) is 6.